The number of carboxylic acids is 1. The Kier molecular flexibility index (Phi) is 4.81. The van der Waals surface area contributed by atoms with Crippen LogP contribution >= 0.6 is 0 Å². The van der Waals surface area contributed by atoms with Gasteiger partial charge in [0.1, 0.15) is 5.75 Å². The van der Waals surface area contributed by atoms with E-state index in [1.54, 1.807) is 4.90 Å². The Labute approximate surface area is 135 Å². The van der Waals surface area contributed by atoms with Gasteiger partial charge in [-0.2, -0.15) is 0 Å². The Bertz CT molecular complexity index is 588. The lowest BCUT2D eigenvalue weighted by Gasteiger charge is -2.34. The molecule has 0 bridgehead atoms. The van der Waals surface area contributed by atoms with Crippen molar-refractivity contribution >= 4 is 11.9 Å². The number of carboxylic acid groups (broad SMARTS) is 1. The van der Waals surface area contributed by atoms with E-state index in [4.69, 9.17) is 14.6 Å². The predicted octanol–water partition coefficient (Wildman–Crippen LogP) is 1.64. The van der Waals surface area contributed by atoms with Gasteiger partial charge in [-0.05, 0) is 24.0 Å². The monoisotopic (exact) mass is 319 g/mol. The molecule has 1 aromatic carbocycles. The number of carbonyl (C=O) groups excluding carboxylic acids is 1. The molecule has 6 nitrogen and oxygen atoms in total. The van der Waals surface area contributed by atoms with Crippen LogP contribution in [0.25, 0.3) is 0 Å². The number of nitrogens with zero attached hydrogens (tertiary/aromatic N) is 1. The highest BCUT2D eigenvalue weighted by Gasteiger charge is 2.29. The summed E-state index contributed by atoms with van der Waals surface area (Å²) in [6.07, 6.45) is 0.780. The molecule has 6 heteroatoms. The number of ether oxygens (including phenoxy) is 2. The second-order valence-corrected chi connectivity index (χ2v) is 6.01. The second-order valence-electron chi connectivity index (χ2n) is 6.01. The zero-order valence-corrected chi connectivity index (χ0v) is 12.9. The molecule has 0 radical (unpaired) electrons. The first-order valence-corrected chi connectivity index (χ1v) is 7.96. The molecule has 1 saturated heterocycles. The SMILES string of the molecule is O=C(O)CC1CN(C(=O)CC2CCOc3ccccc32)CCO1. The van der Waals surface area contributed by atoms with E-state index in [1.807, 2.05) is 24.3 Å². The minimum Gasteiger partial charge on any atom is -0.493 e. The summed E-state index contributed by atoms with van der Waals surface area (Å²) in [5.74, 6) is 0.184. The average Bonchev–Trinajstić information content (AvgIpc) is 2.55. The van der Waals surface area contributed by atoms with Crippen LogP contribution < -0.4 is 4.74 Å². The molecule has 23 heavy (non-hydrogen) atoms. The van der Waals surface area contributed by atoms with E-state index in [1.165, 1.54) is 0 Å². The third-order valence-corrected chi connectivity index (χ3v) is 4.40. The first-order valence-electron chi connectivity index (χ1n) is 7.96. The maximum Gasteiger partial charge on any atom is 0.306 e. The molecule has 2 heterocycles. The third kappa shape index (κ3) is 3.82. The number of aliphatic carboxylic acids is 1. The van der Waals surface area contributed by atoms with E-state index < -0.39 is 12.1 Å². The molecule has 124 valence electrons. The van der Waals surface area contributed by atoms with Crippen molar-refractivity contribution in [2.24, 2.45) is 0 Å². The topological polar surface area (TPSA) is 76.1 Å². The van der Waals surface area contributed by atoms with Gasteiger partial charge in [-0.15, -0.1) is 0 Å². The van der Waals surface area contributed by atoms with E-state index in [0.29, 0.717) is 32.7 Å². The van der Waals surface area contributed by atoms with Crippen LogP contribution in [-0.2, 0) is 14.3 Å². The van der Waals surface area contributed by atoms with E-state index in [2.05, 4.69) is 0 Å². The Balaban J connectivity index is 1.62. The van der Waals surface area contributed by atoms with Crippen molar-refractivity contribution in [3.63, 3.8) is 0 Å². The molecular weight excluding hydrogens is 298 g/mol. The summed E-state index contributed by atoms with van der Waals surface area (Å²) in [6, 6.07) is 7.84. The van der Waals surface area contributed by atoms with E-state index in [-0.39, 0.29) is 18.2 Å². The van der Waals surface area contributed by atoms with Crippen molar-refractivity contribution < 1.29 is 24.2 Å². The fourth-order valence-electron chi connectivity index (χ4n) is 3.23. The zero-order chi connectivity index (χ0) is 16.2. The molecular formula is C17H21NO5. The normalized spacial score (nSPS) is 23.7. The minimum absolute atomic E-state index is 0.0605. The summed E-state index contributed by atoms with van der Waals surface area (Å²) in [5.41, 5.74) is 1.09. The summed E-state index contributed by atoms with van der Waals surface area (Å²) in [5, 5.41) is 8.86. The lowest BCUT2D eigenvalue weighted by molar-refractivity contribution is -0.148. The van der Waals surface area contributed by atoms with Gasteiger partial charge in [0.15, 0.2) is 0 Å². The molecule has 3 rings (SSSR count). The van der Waals surface area contributed by atoms with Crippen LogP contribution in [0.4, 0.5) is 0 Å². The van der Waals surface area contributed by atoms with Crippen LogP contribution in [0.3, 0.4) is 0 Å². The first kappa shape index (κ1) is 15.8. The molecule has 0 saturated carbocycles. The highest BCUT2D eigenvalue weighted by molar-refractivity contribution is 5.77. The number of rotatable bonds is 4. The zero-order valence-electron chi connectivity index (χ0n) is 12.9. The van der Waals surface area contributed by atoms with Crippen molar-refractivity contribution in [2.75, 3.05) is 26.3 Å². The number of benzene rings is 1. The van der Waals surface area contributed by atoms with Gasteiger partial charge in [0.25, 0.3) is 0 Å². The first-order chi connectivity index (χ1) is 11.1. The molecule has 0 aliphatic carbocycles. The Morgan fingerprint density at radius 3 is 2.87 bits per heavy atom. The molecule has 0 aromatic heterocycles. The molecule has 1 aromatic rings. The molecule has 1 N–H and O–H groups in total. The minimum atomic E-state index is -0.900. The van der Waals surface area contributed by atoms with Gasteiger partial charge in [0, 0.05) is 19.5 Å². The smallest absolute Gasteiger partial charge is 0.306 e. The Morgan fingerprint density at radius 2 is 2.04 bits per heavy atom. The number of morpholine rings is 1. The molecule has 2 atom stereocenters. The van der Waals surface area contributed by atoms with Crippen molar-refractivity contribution in [3.8, 4) is 5.75 Å². The summed E-state index contributed by atoms with van der Waals surface area (Å²) in [7, 11) is 0. The molecule has 2 aliphatic rings. The number of para-hydroxylation sites is 1. The second kappa shape index (κ2) is 7.00. The van der Waals surface area contributed by atoms with Crippen LogP contribution in [0, 0.1) is 0 Å². The fraction of sp³-hybridized carbons (Fsp3) is 0.529. The van der Waals surface area contributed by atoms with Crippen molar-refractivity contribution in [2.45, 2.75) is 31.3 Å². The number of hydrogen-bond acceptors (Lipinski definition) is 4. The fourth-order valence-corrected chi connectivity index (χ4v) is 3.23. The van der Waals surface area contributed by atoms with Gasteiger partial charge in [-0.3, -0.25) is 9.59 Å². The van der Waals surface area contributed by atoms with Crippen LogP contribution in [0.15, 0.2) is 24.3 Å². The number of carbonyl (C=O) groups is 2. The van der Waals surface area contributed by atoms with Gasteiger partial charge in [-0.1, -0.05) is 18.2 Å². The van der Waals surface area contributed by atoms with Gasteiger partial charge in [-0.25, -0.2) is 0 Å². The number of amides is 1. The standard InChI is InChI=1S/C17H21NO5/c19-16(18-6-8-22-13(11-18)10-17(20)21)9-12-5-7-23-15-4-2-1-3-14(12)15/h1-4,12-13H,5-11H2,(H,20,21). The van der Waals surface area contributed by atoms with Gasteiger partial charge in [0.2, 0.25) is 5.91 Å². The number of hydrogen-bond donors (Lipinski definition) is 1. The van der Waals surface area contributed by atoms with Crippen LogP contribution in [-0.4, -0.2) is 54.3 Å². The molecule has 2 unspecified atom stereocenters. The predicted molar refractivity (Wildman–Crippen MR) is 82.5 cm³/mol. The van der Waals surface area contributed by atoms with Crippen LogP contribution in [0.5, 0.6) is 5.75 Å². The van der Waals surface area contributed by atoms with Crippen LogP contribution in [0.1, 0.15) is 30.7 Å². The number of fused-ring (bicyclic) bond motifs is 1. The third-order valence-electron chi connectivity index (χ3n) is 4.40. The van der Waals surface area contributed by atoms with E-state index in [9.17, 15) is 9.59 Å². The van der Waals surface area contributed by atoms with E-state index in [0.717, 1.165) is 17.7 Å². The summed E-state index contributed by atoms with van der Waals surface area (Å²) >= 11 is 0. The highest BCUT2D eigenvalue weighted by atomic mass is 16.5. The maximum atomic E-state index is 12.6. The largest absolute Gasteiger partial charge is 0.493 e. The summed E-state index contributed by atoms with van der Waals surface area (Å²) < 4.78 is 11.1. The molecule has 1 amide bonds. The van der Waals surface area contributed by atoms with Crippen molar-refractivity contribution in [3.05, 3.63) is 29.8 Å². The van der Waals surface area contributed by atoms with Gasteiger partial charge >= 0.3 is 5.97 Å². The maximum absolute atomic E-state index is 12.6. The molecule has 2 aliphatic heterocycles. The van der Waals surface area contributed by atoms with Crippen LogP contribution in [0.2, 0.25) is 0 Å². The highest BCUT2D eigenvalue weighted by Crippen LogP contribution is 2.35. The van der Waals surface area contributed by atoms with Gasteiger partial charge in [0.05, 0.1) is 25.7 Å². The lowest BCUT2D eigenvalue weighted by atomic mass is 9.89. The van der Waals surface area contributed by atoms with Crippen molar-refractivity contribution in [1.82, 2.24) is 4.90 Å². The molecule has 1 fully saturated rings. The summed E-state index contributed by atoms with van der Waals surface area (Å²) in [6.45, 7) is 1.91. The quantitative estimate of drug-likeness (QED) is 0.913. The van der Waals surface area contributed by atoms with Crippen molar-refractivity contribution in [1.29, 1.82) is 0 Å². The molecule has 0 spiro atoms. The van der Waals surface area contributed by atoms with E-state index >= 15 is 0 Å². The Hall–Kier alpha value is -2.08. The summed E-state index contributed by atoms with van der Waals surface area (Å²) in [4.78, 5) is 25.1. The average molecular weight is 319 g/mol. The Morgan fingerprint density at radius 1 is 1.22 bits per heavy atom. The lowest BCUT2D eigenvalue weighted by Crippen LogP contribution is -2.46. The van der Waals surface area contributed by atoms with Gasteiger partial charge < -0.3 is 19.5 Å².